The highest BCUT2D eigenvalue weighted by Crippen LogP contribution is 2.12. The third-order valence-electron chi connectivity index (χ3n) is 2.26. The molecule has 0 saturated heterocycles. The lowest BCUT2D eigenvalue weighted by molar-refractivity contribution is -0.137. The molecule has 0 amide bonds. The summed E-state index contributed by atoms with van der Waals surface area (Å²) in [5.74, 6) is -0.386. The van der Waals surface area contributed by atoms with E-state index in [1.54, 1.807) is 17.8 Å². The largest absolute Gasteiger partial charge is 0.463 e. The number of hydrogen-bond acceptors (Lipinski definition) is 4. The first-order valence-corrected chi connectivity index (χ1v) is 5.37. The Morgan fingerprint density at radius 2 is 2.35 bits per heavy atom. The summed E-state index contributed by atoms with van der Waals surface area (Å²) in [6, 6.07) is 5.83. The van der Waals surface area contributed by atoms with Gasteiger partial charge in [-0.25, -0.2) is 9.48 Å². The fourth-order valence-electron chi connectivity index (χ4n) is 1.48. The number of ether oxygens (including phenoxy) is 1. The minimum atomic E-state index is -0.386. The standard InChI is InChI=1S/C12H13N3O2/c1-3-17-12(16)6-7-15-11-5-4-9(2)8-10(11)13-14-15/h4-8H,3H2,1-2H3/b7-6-. The van der Waals surface area contributed by atoms with Crippen molar-refractivity contribution in [2.75, 3.05) is 6.61 Å². The molecule has 0 unspecified atom stereocenters. The highest BCUT2D eigenvalue weighted by molar-refractivity contribution is 5.86. The van der Waals surface area contributed by atoms with E-state index in [0.717, 1.165) is 16.6 Å². The van der Waals surface area contributed by atoms with Crippen LogP contribution in [0.4, 0.5) is 0 Å². The average Bonchev–Trinajstić information content (AvgIpc) is 2.69. The Labute approximate surface area is 98.7 Å². The van der Waals surface area contributed by atoms with E-state index in [-0.39, 0.29) is 5.97 Å². The molecule has 0 spiro atoms. The van der Waals surface area contributed by atoms with Crippen molar-refractivity contribution in [1.82, 2.24) is 15.0 Å². The van der Waals surface area contributed by atoms with Gasteiger partial charge in [0.25, 0.3) is 0 Å². The summed E-state index contributed by atoms with van der Waals surface area (Å²) in [5, 5.41) is 7.95. The molecule has 5 nitrogen and oxygen atoms in total. The number of carbonyl (C=O) groups is 1. The van der Waals surface area contributed by atoms with Crippen molar-refractivity contribution in [2.45, 2.75) is 13.8 Å². The van der Waals surface area contributed by atoms with Gasteiger partial charge in [0.2, 0.25) is 0 Å². The molecule has 0 aliphatic rings. The van der Waals surface area contributed by atoms with Crippen molar-refractivity contribution in [1.29, 1.82) is 0 Å². The van der Waals surface area contributed by atoms with E-state index in [2.05, 4.69) is 10.3 Å². The van der Waals surface area contributed by atoms with E-state index in [1.165, 1.54) is 6.08 Å². The highest BCUT2D eigenvalue weighted by atomic mass is 16.5. The molecule has 2 aromatic rings. The number of rotatable bonds is 3. The molecule has 0 aliphatic carbocycles. The molecule has 0 aliphatic heterocycles. The van der Waals surface area contributed by atoms with Gasteiger partial charge in [-0.3, -0.25) is 0 Å². The van der Waals surface area contributed by atoms with Crippen LogP contribution in [0.3, 0.4) is 0 Å². The first-order chi connectivity index (χ1) is 8.20. The fraction of sp³-hybridized carbons (Fsp3) is 0.250. The quantitative estimate of drug-likeness (QED) is 0.596. The Morgan fingerprint density at radius 1 is 1.53 bits per heavy atom. The van der Waals surface area contributed by atoms with Gasteiger partial charge in [0, 0.05) is 12.3 Å². The molecule has 88 valence electrons. The Balaban J connectivity index is 2.28. The molecule has 0 fully saturated rings. The Kier molecular flexibility index (Phi) is 3.18. The van der Waals surface area contributed by atoms with Crippen molar-refractivity contribution in [3.8, 4) is 0 Å². The predicted molar refractivity (Wildman–Crippen MR) is 64.2 cm³/mol. The zero-order valence-electron chi connectivity index (χ0n) is 9.75. The van der Waals surface area contributed by atoms with E-state index in [0.29, 0.717) is 6.61 Å². The maximum Gasteiger partial charge on any atom is 0.332 e. The van der Waals surface area contributed by atoms with Crippen LogP contribution in [0.25, 0.3) is 17.2 Å². The van der Waals surface area contributed by atoms with E-state index >= 15 is 0 Å². The lowest BCUT2D eigenvalue weighted by Crippen LogP contribution is -2.00. The molecular formula is C12H13N3O2. The number of hydrogen-bond donors (Lipinski definition) is 0. The molecule has 0 bridgehead atoms. The summed E-state index contributed by atoms with van der Waals surface area (Å²) in [7, 11) is 0. The zero-order valence-corrected chi connectivity index (χ0v) is 9.75. The van der Waals surface area contributed by atoms with Crippen LogP contribution in [0.5, 0.6) is 0 Å². The van der Waals surface area contributed by atoms with Gasteiger partial charge in [0.05, 0.1) is 12.1 Å². The first-order valence-electron chi connectivity index (χ1n) is 5.37. The smallest absolute Gasteiger partial charge is 0.332 e. The molecule has 0 radical (unpaired) electrons. The Hall–Kier alpha value is -2.17. The maximum absolute atomic E-state index is 11.2. The minimum Gasteiger partial charge on any atom is -0.463 e. The average molecular weight is 231 g/mol. The van der Waals surface area contributed by atoms with Crippen LogP contribution in [0.15, 0.2) is 24.3 Å². The summed E-state index contributed by atoms with van der Waals surface area (Å²) in [4.78, 5) is 11.2. The number of carbonyl (C=O) groups excluding carboxylic acids is 1. The van der Waals surface area contributed by atoms with Crippen LogP contribution in [-0.4, -0.2) is 27.6 Å². The van der Waals surface area contributed by atoms with Gasteiger partial charge in [-0.15, -0.1) is 5.10 Å². The summed E-state index contributed by atoms with van der Waals surface area (Å²) >= 11 is 0. The van der Waals surface area contributed by atoms with Crippen LogP contribution in [0.2, 0.25) is 0 Å². The van der Waals surface area contributed by atoms with Gasteiger partial charge in [-0.2, -0.15) is 0 Å². The second kappa shape index (κ2) is 4.78. The molecule has 2 rings (SSSR count). The number of benzene rings is 1. The van der Waals surface area contributed by atoms with E-state index in [1.807, 2.05) is 25.1 Å². The first kappa shape index (κ1) is 11.3. The van der Waals surface area contributed by atoms with Gasteiger partial charge in [0.1, 0.15) is 5.52 Å². The summed E-state index contributed by atoms with van der Waals surface area (Å²) < 4.78 is 6.33. The molecule has 0 N–H and O–H groups in total. The van der Waals surface area contributed by atoms with Crippen LogP contribution in [-0.2, 0) is 9.53 Å². The Morgan fingerprint density at radius 3 is 3.12 bits per heavy atom. The van der Waals surface area contributed by atoms with E-state index in [4.69, 9.17) is 4.74 Å². The third kappa shape index (κ3) is 2.50. The van der Waals surface area contributed by atoms with Crippen molar-refractivity contribution < 1.29 is 9.53 Å². The lowest BCUT2D eigenvalue weighted by Gasteiger charge is -1.96. The van der Waals surface area contributed by atoms with Crippen LogP contribution in [0, 0.1) is 6.92 Å². The Bertz CT molecular complexity index is 572. The second-order valence-electron chi connectivity index (χ2n) is 3.59. The normalized spacial score (nSPS) is 11.2. The molecule has 1 heterocycles. The van der Waals surface area contributed by atoms with Crippen LogP contribution in [0.1, 0.15) is 12.5 Å². The molecular weight excluding hydrogens is 218 g/mol. The van der Waals surface area contributed by atoms with Gasteiger partial charge in [0.15, 0.2) is 0 Å². The van der Waals surface area contributed by atoms with Crippen molar-refractivity contribution >= 4 is 23.2 Å². The van der Waals surface area contributed by atoms with Crippen molar-refractivity contribution in [2.24, 2.45) is 0 Å². The maximum atomic E-state index is 11.2. The van der Waals surface area contributed by atoms with Crippen molar-refractivity contribution in [3.05, 3.63) is 29.8 Å². The number of aromatic nitrogens is 3. The molecule has 0 atom stereocenters. The molecule has 1 aromatic heterocycles. The van der Waals surface area contributed by atoms with Gasteiger partial charge >= 0.3 is 5.97 Å². The number of esters is 1. The fourth-order valence-corrected chi connectivity index (χ4v) is 1.48. The van der Waals surface area contributed by atoms with E-state index in [9.17, 15) is 4.79 Å². The number of fused-ring (bicyclic) bond motifs is 1. The van der Waals surface area contributed by atoms with Gasteiger partial charge < -0.3 is 4.74 Å². The summed E-state index contributed by atoms with van der Waals surface area (Å²) in [6.45, 7) is 4.12. The molecule has 5 heteroatoms. The zero-order chi connectivity index (χ0) is 12.3. The predicted octanol–water partition coefficient (Wildman–Crippen LogP) is 1.77. The van der Waals surface area contributed by atoms with E-state index < -0.39 is 0 Å². The third-order valence-corrected chi connectivity index (χ3v) is 2.26. The van der Waals surface area contributed by atoms with Gasteiger partial charge in [-0.1, -0.05) is 11.3 Å². The SMILES string of the molecule is CCOC(=O)/C=C\n1nnc2cc(C)ccc21. The lowest BCUT2D eigenvalue weighted by atomic mass is 10.2. The van der Waals surface area contributed by atoms with Crippen LogP contribution >= 0.6 is 0 Å². The molecule has 1 aromatic carbocycles. The summed E-state index contributed by atoms with van der Waals surface area (Å²) in [5.41, 5.74) is 2.79. The molecule has 17 heavy (non-hydrogen) atoms. The van der Waals surface area contributed by atoms with Gasteiger partial charge in [-0.05, 0) is 31.5 Å². The van der Waals surface area contributed by atoms with Crippen molar-refractivity contribution in [3.63, 3.8) is 0 Å². The number of nitrogens with zero attached hydrogens (tertiary/aromatic N) is 3. The minimum absolute atomic E-state index is 0.362. The second-order valence-corrected chi connectivity index (χ2v) is 3.59. The van der Waals surface area contributed by atoms with Crippen LogP contribution < -0.4 is 0 Å². The highest BCUT2D eigenvalue weighted by Gasteiger charge is 2.02. The topological polar surface area (TPSA) is 57.0 Å². The summed E-state index contributed by atoms with van der Waals surface area (Å²) in [6.07, 6.45) is 2.88. The molecule has 0 saturated carbocycles. The monoisotopic (exact) mass is 231 g/mol. The number of aryl methyl sites for hydroxylation is 1.